The number of nitrogens with zero attached hydrogens (tertiary/aromatic N) is 3. The van der Waals surface area contributed by atoms with Crippen molar-refractivity contribution in [3.63, 3.8) is 0 Å². The van der Waals surface area contributed by atoms with Crippen LogP contribution in [-0.4, -0.2) is 66.9 Å². The van der Waals surface area contributed by atoms with Crippen molar-refractivity contribution in [1.82, 2.24) is 20.3 Å². The number of rotatable bonds is 18. The third-order valence-corrected chi connectivity index (χ3v) is 7.39. The van der Waals surface area contributed by atoms with Crippen LogP contribution >= 0.6 is 0 Å². The Morgan fingerprint density at radius 2 is 1.49 bits per heavy atom. The van der Waals surface area contributed by atoms with E-state index in [1.165, 1.54) is 25.7 Å². The fourth-order valence-corrected chi connectivity index (χ4v) is 4.89. The van der Waals surface area contributed by atoms with E-state index < -0.39 is 0 Å². The van der Waals surface area contributed by atoms with E-state index in [0.29, 0.717) is 69.8 Å². The Kier molecular flexibility index (Phi) is 13.4. The average Bonchev–Trinajstić information content (AvgIpc) is 3.02. The lowest BCUT2D eigenvalue weighted by Crippen LogP contribution is -2.29. The molecule has 11 heteroatoms. The predicted octanol–water partition coefficient (Wildman–Crippen LogP) is 4.12. The predicted molar refractivity (Wildman–Crippen MR) is 170 cm³/mol. The Morgan fingerprint density at radius 1 is 0.814 bits per heavy atom. The highest BCUT2D eigenvalue weighted by molar-refractivity contribution is 5.78. The second kappa shape index (κ2) is 18.0. The van der Waals surface area contributed by atoms with Gasteiger partial charge in [0.25, 0.3) is 0 Å². The van der Waals surface area contributed by atoms with Crippen molar-refractivity contribution >= 4 is 29.4 Å². The van der Waals surface area contributed by atoms with Crippen LogP contribution in [0.25, 0.3) is 0 Å². The van der Waals surface area contributed by atoms with Crippen molar-refractivity contribution in [3.05, 3.63) is 65.7 Å². The maximum Gasteiger partial charge on any atom is 0.233 e. The molecule has 0 aliphatic heterocycles. The van der Waals surface area contributed by atoms with Crippen molar-refractivity contribution in [2.24, 2.45) is 17.6 Å². The second-order valence-electron chi connectivity index (χ2n) is 11.0. The van der Waals surface area contributed by atoms with Crippen LogP contribution in [0.1, 0.15) is 43.7 Å². The molecule has 1 fully saturated rings. The molecule has 4 rings (SSSR count). The van der Waals surface area contributed by atoms with E-state index in [4.69, 9.17) is 15.2 Å². The van der Waals surface area contributed by atoms with Gasteiger partial charge in [-0.15, -0.1) is 0 Å². The van der Waals surface area contributed by atoms with Crippen molar-refractivity contribution in [2.75, 3.05) is 62.0 Å². The standard InChI is InChI=1S/C32H46N8O3/c1-24-7-9-27(10-8-24)23-36-31-38-30(35-22-26-5-3-2-4-6-26)39-32(40-31)37-28-13-11-25(12-14-28)21-29(41)34-16-18-43-20-19-42-17-15-33/h2-6,11-14,24,27H,7-10,15-23,33H2,1H3,(H,34,41)(H3,35,36,37,38,39,40). The number of nitrogens with one attached hydrogen (secondary N) is 4. The Hall–Kier alpha value is -3.80. The molecule has 1 aromatic heterocycles. The van der Waals surface area contributed by atoms with Crippen LogP contribution in [0, 0.1) is 11.8 Å². The molecular weight excluding hydrogens is 544 g/mol. The number of nitrogens with two attached hydrogens (primary N) is 1. The molecule has 0 radical (unpaired) electrons. The van der Waals surface area contributed by atoms with Crippen molar-refractivity contribution in [3.8, 4) is 0 Å². The summed E-state index contributed by atoms with van der Waals surface area (Å²) in [4.78, 5) is 26.2. The van der Waals surface area contributed by atoms with Crippen LogP contribution < -0.4 is 27.0 Å². The van der Waals surface area contributed by atoms with Gasteiger partial charge in [-0.3, -0.25) is 4.79 Å². The van der Waals surface area contributed by atoms with Crippen LogP contribution in [0.2, 0.25) is 0 Å². The lowest BCUT2D eigenvalue weighted by molar-refractivity contribution is -0.120. The van der Waals surface area contributed by atoms with Crippen molar-refractivity contribution < 1.29 is 14.3 Å². The number of anilines is 4. The lowest BCUT2D eigenvalue weighted by atomic mass is 9.83. The summed E-state index contributed by atoms with van der Waals surface area (Å²) in [6.45, 7) is 6.67. The zero-order valence-electron chi connectivity index (χ0n) is 25.2. The fraction of sp³-hybridized carbons (Fsp3) is 0.500. The first kappa shape index (κ1) is 32.1. The highest BCUT2D eigenvalue weighted by atomic mass is 16.5. The molecule has 1 aliphatic rings. The first-order chi connectivity index (χ1) is 21.1. The summed E-state index contributed by atoms with van der Waals surface area (Å²) >= 11 is 0. The maximum absolute atomic E-state index is 12.3. The van der Waals surface area contributed by atoms with E-state index in [0.717, 1.165) is 29.3 Å². The topological polar surface area (TPSA) is 148 Å². The van der Waals surface area contributed by atoms with Crippen LogP contribution in [0.5, 0.6) is 0 Å². The summed E-state index contributed by atoms with van der Waals surface area (Å²) in [6, 6.07) is 17.8. The quantitative estimate of drug-likeness (QED) is 0.137. The molecule has 43 heavy (non-hydrogen) atoms. The first-order valence-corrected chi connectivity index (χ1v) is 15.3. The van der Waals surface area contributed by atoms with E-state index in [1.807, 2.05) is 42.5 Å². The number of aromatic nitrogens is 3. The highest BCUT2D eigenvalue weighted by Gasteiger charge is 2.18. The summed E-state index contributed by atoms with van der Waals surface area (Å²) in [5, 5.41) is 13.0. The van der Waals surface area contributed by atoms with E-state index >= 15 is 0 Å². The third-order valence-electron chi connectivity index (χ3n) is 7.39. The number of hydrogen-bond acceptors (Lipinski definition) is 10. The van der Waals surface area contributed by atoms with Gasteiger partial charge in [-0.05, 0) is 47.9 Å². The number of carbonyl (C=O) groups is 1. The molecule has 0 bridgehead atoms. The molecule has 2 aromatic carbocycles. The second-order valence-corrected chi connectivity index (χ2v) is 11.0. The van der Waals surface area contributed by atoms with E-state index in [1.54, 1.807) is 0 Å². The number of carbonyl (C=O) groups excluding carboxylic acids is 1. The Bertz CT molecular complexity index is 1220. The van der Waals surface area contributed by atoms with Crippen molar-refractivity contribution in [1.29, 1.82) is 0 Å². The summed E-state index contributed by atoms with van der Waals surface area (Å²) in [5.74, 6) is 2.88. The van der Waals surface area contributed by atoms with E-state index in [9.17, 15) is 4.79 Å². The highest BCUT2D eigenvalue weighted by Crippen LogP contribution is 2.28. The molecule has 0 atom stereocenters. The molecule has 1 saturated carbocycles. The molecule has 0 spiro atoms. The van der Waals surface area contributed by atoms with Gasteiger partial charge in [0.2, 0.25) is 23.8 Å². The van der Waals surface area contributed by atoms with Gasteiger partial charge in [0.15, 0.2) is 0 Å². The van der Waals surface area contributed by atoms with E-state index in [2.05, 4.69) is 55.3 Å². The van der Waals surface area contributed by atoms with E-state index in [-0.39, 0.29) is 12.3 Å². The van der Waals surface area contributed by atoms with Crippen LogP contribution in [0.3, 0.4) is 0 Å². The zero-order valence-corrected chi connectivity index (χ0v) is 25.2. The minimum Gasteiger partial charge on any atom is -0.378 e. The SMILES string of the molecule is CC1CCC(CNc2nc(NCc3ccccc3)nc(Nc3ccc(CC(=O)NCCOCCOCCN)cc3)n2)CC1. The monoisotopic (exact) mass is 590 g/mol. The molecule has 11 nitrogen and oxygen atoms in total. The molecule has 3 aromatic rings. The van der Waals surface area contributed by atoms with Gasteiger partial charge in [-0.25, -0.2) is 0 Å². The van der Waals surface area contributed by atoms with Crippen LogP contribution in [0.15, 0.2) is 54.6 Å². The van der Waals surface area contributed by atoms with Crippen LogP contribution in [-0.2, 0) is 27.2 Å². The van der Waals surface area contributed by atoms with Gasteiger partial charge < -0.3 is 36.5 Å². The molecule has 1 aliphatic carbocycles. The van der Waals surface area contributed by atoms with Gasteiger partial charge in [0.05, 0.1) is 32.8 Å². The van der Waals surface area contributed by atoms with Gasteiger partial charge in [-0.2, -0.15) is 15.0 Å². The number of hydrogen-bond donors (Lipinski definition) is 5. The number of benzene rings is 2. The first-order valence-electron chi connectivity index (χ1n) is 15.3. The summed E-state index contributed by atoms with van der Waals surface area (Å²) < 4.78 is 10.7. The van der Waals surface area contributed by atoms with Crippen molar-refractivity contribution in [2.45, 2.75) is 45.6 Å². The summed E-state index contributed by atoms with van der Waals surface area (Å²) in [7, 11) is 0. The average molecular weight is 591 g/mol. The minimum atomic E-state index is -0.0570. The molecule has 232 valence electrons. The molecule has 1 heterocycles. The summed E-state index contributed by atoms with van der Waals surface area (Å²) in [6.07, 6.45) is 5.29. The van der Waals surface area contributed by atoms with Gasteiger partial charge in [0.1, 0.15) is 0 Å². The minimum absolute atomic E-state index is 0.0570. The molecule has 6 N–H and O–H groups in total. The number of ether oxygens (including phenoxy) is 2. The molecule has 0 unspecified atom stereocenters. The van der Waals surface area contributed by atoms with Crippen LogP contribution in [0.4, 0.5) is 23.5 Å². The largest absolute Gasteiger partial charge is 0.378 e. The Balaban J connectivity index is 1.29. The molecular formula is C32H46N8O3. The normalized spacial score (nSPS) is 16.4. The molecule has 1 amide bonds. The van der Waals surface area contributed by atoms with Gasteiger partial charge in [-0.1, -0.05) is 62.2 Å². The lowest BCUT2D eigenvalue weighted by Gasteiger charge is -2.26. The Labute approximate surface area is 254 Å². The number of amides is 1. The Morgan fingerprint density at radius 3 is 2.21 bits per heavy atom. The zero-order chi connectivity index (χ0) is 30.1. The summed E-state index contributed by atoms with van der Waals surface area (Å²) in [5.41, 5.74) is 8.24. The maximum atomic E-state index is 12.3. The fourth-order valence-electron chi connectivity index (χ4n) is 4.89. The van der Waals surface area contributed by atoms with Gasteiger partial charge >= 0.3 is 0 Å². The van der Waals surface area contributed by atoms with Gasteiger partial charge in [0, 0.05) is 31.9 Å². The third kappa shape index (κ3) is 12.1. The molecule has 0 saturated heterocycles. The smallest absolute Gasteiger partial charge is 0.233 e.